The van der Waals surface area contributed by atoms with E-state index in [0.717, 1.165) is 6.42 Å². The van der Waals surface area contributed by atoms with Gasteiger partial charge in [-0.3, -0.25) is 0 Å². The molecule has 3 atom stereocenters. The fourth-order valence-corrected chi connectivity index (χ4v) is 3.54. The first-order valence-corrected chi connectivity index (χ1v) is 6.37. The molecule has 0 aromatic heterocycles. The molecular formula is C15H24O. The predicted octanol–water partition coefficient (Wildman–Crippen LogP) is 4.10. The van der Waals surface area contributed by atoms with Gasteiger partial charge in [0, 0.05) is 0 Å². The quantitative estimate of drug-likeness (QED) is 0.604. The number of fused-ring (bicyclic) bond motifs is 1. The summed E-state index contributed by atoms with van der Waals surface area (Å²) >= 11 is 0. The molecule has 2 rings (SSSR count). The van der Waals surface area contributed by atoms with Crippen molar-refractivity contribution in [1.82, 2.24) is 0 Å². The van der Waals surface area contributed by atoms with E-state index in [1.54, 1.807) is 5.57 Å². The summed E-state index contributed by atoms with van der Waals surface area (Å²) in [6.45, 7) is 12.8. The van der Waals surface area contributed by atoms with Crippen LogP contribution >= 0.6 is 0 Å². The van der Waals surface area contributed by atoms with Crippen molar-refractivity contribution in [2.24, 2.45) is 11.8 Å². The monoisotopic (exact) mass is 220 g/mol. The highest BCUT2D eigenvalue weighted by atomic mass is 16.5. The number of ether oxygens (including phenoxy) is 1. The summed E-state index contributed by atoms with van der Waals surface area (Å²) in [5, 5.41) is 0. The zero-order valence-electron chi connectivity index (χ0n) is 11.0. The summed E-state index contributed by atoms with van der Waals surface area (Å²) in [6.07, 6.45) is 8.04. The standard InChI is InChI=1S/C15H24O/c1-6-15(5)10-12-9-11(2)7-8-13(12)14(3,4)16-15/h6,9,12-13H,1,7-8,10H2,2-5H3/t12-,13-,15+/m1/s1. The molecule has 2 aliphatic rings. The maximum Gasteiger partial charge on any atom is 0.0844 e. The Bertz CT molecular complexity index is 326. The van der Waals surface area contributed by atoms with Gasteiger partial charge in [0.05, 0.1) is 11.2 Å². The smallest absolute Gasteiger partial charge is 0.0844 e. The topological polar surface area (TPSA) is 9.23 Å². The highest BCUT2D eigenvalue weighted by Gasteiger charge is 2.47. The van der Waals surface area contributed by atoms with Gasteiger partial charge in [-0.1, -0.05) is 17.7 Å². The third-order valence-electron chi connectivity index (χ3n) is 4.33. The van der Waals surface area contributed by atoms with E-state index in [1.807, 2.05) is 6.08 Å². The lowest BCUT2D eigenvalue weighted by molar-refractivity contribution is -0.188. The molecule has 90 valence electrons. The Morgan fingerprint density at radius 2 is 2.12 bits per heavy atom. The second kappa shape index (κ2) is 3.73. The van der Waals surface area contributed by atoms with Crippen molar-refractivity contribution in [3.8, 4) is 0 Å². The molecule has 0 amide bonds. The van der Waals surface area contributed by atoms with Crippen molar-refractivity contribution >= 4 is 0 Å². The lowest BCUT2D eigenvalue weighted by atomic mass is 9.66. The van der Waals surface area contributed by atoms with Crippen LogP contribution in [0.2, 0.25) is 0 Å². The zero-order chi connectivity index (χ0) is 12.0. The summed E-state index contributed by atoms with van der Waals surface area (Å²) in [6, 6.07) is 0. The Hall–Kier alpha value is -0.560. The van der Waals surface area contributed by atoms with Gasteiger partial charge in [0.1, 0.15) is 0 Å². The lowest BCUT2D eigenvalue weighted by Crippen LogP contribution is -2.52. The van der Waals surface area contributed by atoms with E-state index in [2.05, 4.69) is 40.3 Å². The minimum Gasteiger partial charge on any atom is -0.365 e. The Balaban J connectivity index is 2.31. The van der Waals surface area contributed by atoms with Crippen LogP contribution in [-0.4, -0.2) is 11.2 Å². The number of allylic oxidation sites excluding steroid dienone is 2. The minimum absolute atomic E-state index is 0.0247. The molecule has 1 aliphatic heterocycles. The van der Waals surface area contributed by atoms with Gasteiger partial charge in [-0.25, -0.2) is 0 Å². The van der Waals surface area contributed by atoms with Gasteiger partial charge in [0.15, 0.2) is 0 Å². The lowest BCUT2D eigenvalue weighted by Gasteiger charge is -2.52. The van der Waals surface area contributed by atoms with Crippen LogP contribution in [0, 0.1) is 11.8 Å². The predicted molar refractivity (Wildman–Crippen MR) is 68.4 cm³/mol. The van der Waals surface area contributed by atoms with Crippen molar-refractivity contribution in [2.45, 2.75) is 58.2 Å². The van der Waals surface area contributed by atoms with E-state index in [0.29, 0.717) is 11.8 Å². The van der Waals surface area contributed by atoms with Crippen LogP contribution in [0.3, 0.4) is 0 Å². The molecule has 0 radical (unpaired) electrons. The highest BCUT2D eigenvalue weighted by molar-refractivity contribution is 5.15. The molecule has 1 nitrogen and oxygen atoms in total. The van der Waals surface area contributed by atoms with Crippen LogP contribution in [-0.2, 0) is 4.74 Å². The summed E-state index contributed by atoms with van der Waals surface area (Å²) in [7, 11) is 0. The van der Waals surface area contributed by atoms with Crippen LogP contribution in [0.5, 0.6) is 0 Å². The number of hydrogen-bond acceptors (Lipinski definition) is 1. The van der Waals surface area contributed by atoms with Crippen LogP contribution < -0.4 is 0 Å². The first-order valence-electron chi connectivity index (χ1n) is 6.37. The fourth-order valence-electron chi connectivity index (χ4n) is 3.54. The highest BCUT2D eigenvalue weighted by Crippen LogP contribution is 2.48. The Morgan fingerprint density at radius 3 is 2.75 bits per heavy atom. The van der Waals surface area contributed by atoms with E-state index in [9.17, 15) is 0 Å². The average Bonchev–Trinajstić information content (AvgIpc) is 2.15. The van der Waals surface area contributed by atoms with Gasteiger partial charge in [-0.05, 0) is 58.8 Å². The fraction of sp³-hybridized carbons (Fsp3) is 0.733. The largest absolute Gasteiger partial charge is 0.365 e. The normalized spacial score (nSPS) is 42.1. The molecule has 1 aliphatic carbocycles. The van der Waals surface area contributed by atoms with Gasteiger partial charge in [-0.15, -0.1) is 6.58 Å². The van der Waals surface area contributed by atoms with Crippen molar-refractivity contribution in [1.29, 1.82) is 0 Å². The molecule has 1 saturated heterocycles. The zero-order valence-corrected chi connectivity index (χ0v) is 11.0. The maximum absolute atomic E-state index is 6.27. The van der Waals surface area contributed by atoms with Crippen molar-refractivity contribution in [3.63, 3.8) is 0 Å². The molecular weight excluding hydrogens is 196 g/mol. The van der Waals surface area contributed by atoms with Crippen molar-refractivity contribution < 1.29 is 4.74 Å². The van der Waals surface area contributed by atoms with E-state index in [-0.39, 0.29) is 11.2 Å². The third-order valence-corrected chi connectivity index (χ3v) is 4.33. The summed E-state index contributed by atoms with van der Waals surface area (Å²) in [5.41, 5.74) is 1.37. The molecule has 0 unspecified atom stereocenters. The summed E-state index contributed by atoms with van der Waals surface area (Å²) < 4.78 is 6.27. The molecule has 0 saturated carbocycles. The first-order chi connectivity index (χ1) is 7.36. The van der Waals surface area contributed by atoms with Crippen LogP contribution in [0.25, 0.3) is 0 Å². The van der Waals surface area contributed by atoms with E-state index >= 15 is 0 Å². The van der Waals surface area contributed by atoms with Crippen LogP contribution in [0.15, 0.2) is 24.3 Å². The Labute approximate surface area is 99.6 Å². The number of rotatable bonds is 1. The van der Waals surface area contributed by atoms with Gasteiger partial charge >= 0.3 is 0 Å². The Kier molecular flexibility index (Phi) is 2.78. The minimum atomic E-state index is -0.154. The van der Waals surface area contributed by atoms with Gasteiger partial charge in [0.2, 0.25) is 0 Å². The summed E-state index contributed by atoms with van der Waals surface area (Å²) in [5.74, 6) is 1.34. The van der Waals surface area contributed by atoms with Gasteiger partial charge < -0.3 is 4.74 Å². The maximum atomic E-state index is 6.27. The second-order valence-electron chi connectivity index (χ2n) is 6.25. The molecule has 0 aromatic carbocycles. The summed E-state index contributed by atoms with van der Waals surface area (Å²) in [4.78, 5) is 0. The van der Waals surface area contributed by atoms with Crippen LogP contribution in [0.1, 0.15) is 47.0 Å². The molecule has 0 bridgehead atoms. The van der Waals surface area contributed by atoms with Gasteiger partial charge in [-0.2, -0.15) is 0 Å². The second-order valence-corrected chi connectivity index (χ2v) is 6.25. The molecule has 0 spiro atoms. The first kappa shape index (κ1) is 11.9. The van der Waals surface area contributed by atoms with Crippen molar-refractivity contribution in [3.05, 3.63) is 24.3 Å². The average molecular weight is 220 g/mol. The molecule has 1 heterocycles. The van der Waals surface area contributed by atoms with Gasteiger partial charge in [0.25, 0.3) is 0 Å². The SMILES string of the molecule is C=C[C@@]1(C)C[C@H]2C=C(C)CC[C@H]2C(C)(C)O1. The third kappa shape index (κ3) is 1.98. The molecule has 16 heavy (non-hydrogen) atoms. The molecule has 0 N–H and O–H groups in total. The molecule has 1 fully saturated rings. The number of hydrogen-bond donors (Lipinski definition) is 0. The van der Waals surface area contributed by atoms with Crippen LogP contribution in [0.4, 0.5) is 0 Å². The molecule has 0 aromatic rings. The Morgan fingerprint density at radius 1 is 1.44 bits per heavy atom. The van der Waals surface area contributed by atoms with E-state index < -0.39 is 0 Å². The van der Waals surface area contributed by atoms with E-state index in [4.69, 9.17) is 4.74 Å². The van der Waals surface area contributed by atoms with Crippen molar-refractivity contribution in [2.75, 3.05) is 0 Å². The van der Waals surface area contributed by atoms with E-state index in [1.165, 1.54) is 12.8 Å². The molecule has 1 heteroatoms.